The summed E-state index contributed by atoms with van der Waals surface area (Å²) in [5.41, 5.74) is 8.87. The van der Waals surface area contributed by atoms with Crippen LogP contribution in [0.2, 0.25) is 0 Å². The zero-order chi connectivity index (χ0) is 14.8. The van der Waals surface area contributed by atoms with Crippen LogP contribution < -0.4 is 5.73 Å². The maximum atomic E-state index is 6.08. The Balaban J connectivity index is 1.64. The van der Waals surface area contributed by atoms with E-state index in [4.69, 9.17) is 5.73 Å². The Morgan fingerprint density at radius 1 is 1.19 bits per heavy atom. The summed E-state index contributed by atoms with van der Waals surface area (Å²) in [5.74, 6) is 2.95. The van der Waals surface area contributed by atoms with Gasteiger partial charge in [-0.15, -0.1) is 0 Å². The highest BCUT2D eigenvalue weighted by atomic mass is 15.1. The standard InChI is InChI=1S/C19H30N2/c1-3-14-4-7-16(8-5-14)19(12-20)21(2)13-18-11-15-6-9-17(18)10-15/h4-5,7-8,15,17-19H,3,6,9-13,20H2,1-2H3. The van der Waals surface area contributed by atoms with Crippen molar-refractivity contribution in [1.29, 1.82) is 0 Å². The molecule has 0 spiro atoms. The average molecular weight is 286 g/mol. The van der Waals surface area contributed by atoms with Crippen LogP contribution in [-0.2, 0) is 6.42 Å². The predicted molar refractivity (Wildman–Crippen MR) is 89.2 cm³/mol. The lowest BCUT2D eigenvalue weighted by molar-refractivity contribution is 0.176. The fourth-order valence-electron chi connectivity index (χ4n) is 4.64. The first-order chi connectivity index (χ1) is 10.2. The van der Waals surface area contributed by atoms with Crippen LogP contribution in [0.15, 0.2) is 24.3 Å². The van der Waals surface area contributed by atoms with E-state index in [-0.39, 0.29) is 0 Å². The lowest BCUT2D eigenvalue weighted by Crippen LogP contribution is -2.35. The third-order valence-electron chi connectivity index (χ3n) is 5.94. The monoisotopic (exact) mass is 286 g/mol. The maximum absolute atomic E-state index is 6.08. The summed E-state index contributed by atoms with van der Waals surface area (Å²) in [6.45, 7) is 4.14. The number of fused-ring (bicyclic) bond motifs is 2. The molecule has 4 atom stereocenters. The Bertz CT molecular complexity index is 453. The van der Waals surface area contributed by atoms with Crippen LogP contribution in [0.5, 0.6) is 0 Å². The number of likely N-dealkylation sites (N-methyl/N-ethyl adjacent to an activating group) is 1. The van der Waals surface area contributed by atoms with Gasteiger partial charge in [0.15, 0.2) is 0 Å². The zero-order valence-corrected chi connectivity index (χ0v) is 13.6. The van der Waals surface area contributed by atoms with Gasteiger partial charge >= 0.3 is 0 Å². The average Bonchev–Trinajstić information content (AvgIpc) is 3.11. The smallest absolute Gasteiger partial charge is 0.0467 e. The van der Waals surface area contributed by atoms with Gasteiger partial charge in [0.05, 0.1) is 0 Å². The van der Waals surface area contributed by atoms with Crippen LogP contribution in [0.4, 0.5) is 0 Å². The molecule has 2 N–H and O–H groups in total. The van der Waals surface area contributed by atoms with Gasteiger partial charge in [0.2, 0.25) is 0 Å². The number of hydrogen-bond acceptors (Lipinski definition) is 2. The Labute approximate surface area is 129 Å². The molecular weight excluding hydrogens is 256 g/mol. The van der Waals surface area contributed by atoms with Crippen LogP contribution in [0.25, 0.3) is 0 Å². The minimum Gasteiger partial charge on any atom is -0.329 e. The second kappa shape index (κ2) is 6.50. The molecule has 0 aromatic heterocycles. The second-order valence-corrected chi connectivity index (χ2v) is 7.22. The van der Waals surface area contributed by atoms with Crippen molar-refractivity contribution in [2.75, 3.05) is 20.1 Å². The predicted octanol–water partition coefficient (Wildman–Crippen LogP) is 3.62. The Morgan fingerprint density at radius 2 is 1.95 bits per heavy atom. The van der Waals surface area contributed by atoms with E-state index in [0.29, 0.717) is 12.6 Å². The summed E-state index contributed by atoms with van der Waals surface area (Å²) >= 11 is 0. The van der Waals surface area contributed by atoms with Crippen LogP contribution in [-0.4, -0.2) is 25.0 Å². The highest BCUT2D eigenvalue weighted by Crippen LogP contribution is 2.48. The summed E-state index contributed by atoms with van der Waals surface area (Å²) in [6.07, 6.45) is 7.03. The van der Waals surface area contributed by atoms with Crippen molar-refractivity contribution in [2.24, 2.45) is 23.5 Å². The topological polar surface area (TPSA) is 29.3 Å². The molecule has 0 aliphatic heterocycles. The van der Waals surface area contributed by atoms with Gasteiger partial charge < -0.3 is 5.73 Å². The molecule has 0 amide bonds. The summed E-state index contributed by atoms with van der Waals surface area (Å²) in [5, 5.41) is 0. The van der Waals surface area contributed by atoms with Gasteiger partial charge in [0, 0.05) is 19.1 Å². The van der Waals surface area contributed by atoms with Gasteiger partial charge in [-0.05, 0) is 61.6 Å². The molecule has 1 aromatic rings. The van der Waals surface area contributed by atoms with E-state index >= 15 is 0 Å². The third kappa shape index (κ3) is 3.17. The molecule has 2 aliphatic carbocycles. The van der Waals surface area contributed by atoms with E-state index in [1.807, 2.05) is 0 Å². The minimum absolute atomic E-state index is 0.370. The van der Waals surface area contributed by atoms with Crippen LogP contribution >= 0.6 is 0 Å². The Hall–Kier alpha value is -0.860. The van der Waals surface area contributed by atoms with Crippen molar-refractivity contribution < 1.29 is 0 Å². The van der Waals surface area contributed by atoms with Gasteiger partial charge in [-0.2, -0.15) is 0 Å². The van der Waals surface area contributed by atoms with Crippen molar-refractivity contribution in [3.63, 3.8) is 0 Å². The van der Waals surface area contributed by atoms with Crippen molar-refractivity contribution in [3.05, 3.63) is 35.4 Å². The molecular formula is C19H30N2. The number of hydrogen-bond donors (Lipinski definition) is 1. The molecule has 2 fully saturated rings. The first-order valence-corrected chi connectivity index (χ1v) is 8.70. The number of nitrogens with two attached hydrogens (primary N) is 1. The summed E-state index contributed by atoms with van der Waals surface area (Å²) in [6, 6.07) is 9.42. The van der Waals surface area contributed by atoms with Crippen LogP contribution in [0, 0.1) is 17.8 Å². The molecule has 0 saturated heterocycles. The van der Waals surface area contributed by atoms with E-state index in [1.165, 1.54) is 43.4 Å². The molecule has 4 unspecified atom stereocenters. The van der Waals surface area contributed by atoms with Crippen LogP contribution in [0.3, 0.4) is 0 Å². The van der Waals surface area contributed by atoms with E-state index in [0.717, 1.165) is 24.2 Å². The number of nitrogens with zero attached hydrogens (tertiary/aromatic N) is 1. The van der Waals surface area contributed by atoms with E-state index in [2.05, 4.69) is 43.1 Å². The molecule has 3 rings (SSSR count). The molecule has 116 valence electrons. The lowest BCUT2D eigenvalue weighted by atomic mass is 9.88. The minimum atomic E-state index is 0.370. The molecule has 1 aromatic carbocycles. The third-order valence-corrected chi connectivity index (χ3v) is 5.94. The molecule has 0 heterocycles. The molecule has 2 nitrogen and oxygen atoms in total. The molecule has 2 saturated carbocycles. The Kier molecular flexibility index (Phi) is 4.66. The fourth-order valence-corrected chi connectivity index (χ4v) is 4.64. The van der Waals surface area contributed by atoms with Crippen molar-refractivity contribution >= 4 is 0 Å². The molecule has 21 heavy (non-hydrogen) atoms. The molecule has 2 heteroatoms. The maximum Gasteiger partial charge on any atom is 0.0467 e. The SMILES string of the molecule is CCc1ccc(C(CN)N(C)CC2CC3CCC2C3)cc1. The number of benzene rings is 1. The number of aryl methyl sites for hydroxylation is 1. The highest BCUT2D eigenvalue weighted by molar-refractivity contribution is 5.25. The van der Waals surface area contributed by atoms with Crippen LogP contribution in [0.1, 0.15) is 49.8 Å². The van der Waals surface area contributed by atoms with Gasteiger partial charge in [0.25, 0.3) is 0 Å². The first kappa shape index (κ1) is 15.1. The van der Waals surface area contributed by atoms with Gasteiger partial charge in [0.1, 0.15) is 0 Å². The summed E-state index contributed by atoms with van der Waals surface area (Å²) in [7, 11) is 2.26. The lowest BCUT2D eigenvalue weighted by Gasteiger charge is -2.32. The second-order valence-electron chi connectivity index (χ2n) is 7.22. The first-order valence-electron chi connectivity index (χ1n) is 8.70. The summed E-state index contributed by atoms with van der Waals surface area (Å²) < 4.78 is 0. The quantitative estimate of drug-likeness (QED) is 0.865. The van der Waals surface area contributed by atoms with E-state index in [1.54, 1.807) is 0 Å². The van der Waals surface area contributed by atoms with Gasteiger partial charge in [-0.25, -0.2) is 0 Å². The number of rotatable bonds is 6. The Morgan fingerprint density at radius 3 is 2.48 bits per heavy atom. The largest absolute Gasteiger partial charge is 0.329 e. The van der Waals surface area contributed by atoms with E-state index < -0.39 is 0 Å². The van der Waals surface area contributed by atoms with E-state index in [9.17, 15) is 0 Å². The van der Waals surface area contributed by atoms with Crippen molar-refractivity contribution in [3.8, 4) is 0 Å². The van der Waals surface area contributed by atoms with Crippen molar-refractivity contribution in [1.82, 2.24) is 4.90 Å². The molecule has 2 aliphatic rings. The summed E-state index contributed by atoms with van der Waals surface area (Å²) in [4.78, 5) is 2.51. The van der Waals surface area contributed by atoms with Gasteiger partial charge in [-0.1, -0.05) is 37.6 Å². The highest BCUT2D eigenvalue weighted by Gasteiger charge is 2.40. The zero-order valence-electron chi connectivity index (χ0n) is 13.6. The fraction of sp³-hybridized carbons (Fsp3) is 0.684. The molecule has 0 radical (unpaired) electrons. The normalized spacial score (nSPS) is 29.2. The van der Waals surface area contributed by atoms with Gasteiger partial charge in [-0.3, -0.25) is 4.90 Å². The molecule has 2 bridgehead atoms. The van der Waals surface area contributed by atoms with Crippen molar-refractivity contribution in [2.45, 2.75) is 45.1 Å².